The molecule has 1 unspecified atom stereocenters. The van der Waals surface area contributed by atoms with Crippen LogP contribution in [0.1, 0.15) is 21.6 Å². The number of rotatable bonds is 10. The summed E-state index contributed by atoms with van der Waals surface area (Å²) in [6.45, 7) is 2.06. The highest BCUT2D eigenvalue weighted by molar-refractivity contribution is 7.99. The molecule has 0 aliphatic carbocycles. The van der Waals surface area contributed by atoms with E-state index in [1.165, 1.54) is 23.1 Å². The Hall–Kier alpha value is -3.08. The molecule has 4 rings (SSSR count). The van der Waals surface area contributed by atoms with Crippen molar-refractivity contribution in [2.45, 2.75) is 22.1 Å². The topological polar surface area (TPSA) is 99.3 Å². The van der Waals surface area contributed by atoms with Crippen LogP contribution in [0.4, 0.5) is 5.69 Å². The number of hydrogen-bond donors (Lipinski definition) is 2. The van der Waals surface area contributed by atoms with Crippen LogP contribution >= 0.6 is 23.1 Å². The molecular formula is C25H25N3O4S3. The number of H-pyrrole nitrogens is 1. The standard InChI is InChI=1S/C25H25N3O4S3/c1-17-11-19-13-21(25(30)26-14-20(15-29)34-16-18-7-4-3-5-8-18)27-24(19)22(12-17)28(2)35(31,32)23-9-6-10-33-23/h3-13,15,20,27H,14,16H2,1-2H3,(H,26,30). The molecule has 2 heterocycles. The number of thioether (sulfide) groups is 1. The molecule has 0 saturated carbocycles. The van der Waals surface area contributed by atoms with Crippen LogP contribution in [0, 0.1) is 6.92 Å². The molecule has 2 N–H and O–H groups in total. The zero-order valence-electron chi connectivity index (χ0n) is 19.2. The van der Waals surface area contributed by atoms with Crippen molar-refractivity contribution in [1.29, 1.82) is 0 Å². The zero-order valence-corrected chi connectivity index (χ0v) is 21.7. The first-order chi connectivity index (χ1) is 16.8. The predicted molar refractivity (Wildman–Crippen MR) is 143 cm³/mol. The van der Waals surface area contributed by atoms with E-state index >= 15 is 0 Å². The van der Waals surface area contributed by atoms with Gasteiger partial charge in [-0.1, -0.05) is 36.4 Å². The van der Waals surface area contributed by atoms with E-state index in [2.05, 4.69) is 10.3 Å². The number of aryl methyl sites for hydroxylation is 1. The fraction of sp³-hybridized carbons (Fsp3) is 0.200. The highest BCUT2D eigenvalue weighted by Crippen LogP contribution is 2.32. The van der Waals surface area contributed by atoms with E-state index in [0.29, 0.717) is 22.7 Å². The Balaban J connectivity index is 1.51. The van der Waals surface area contributed by atoms with Gasteiger partial charge >= 0.3 is 0 Å². The fourth-order valence-corrected chi connectivity index (χ4v) is 6.87. The minimum absolute atomic E-state index is 0.188. The quantitative estimate of drug-likeness (QED) is 0.294. The largest absolute Gasteiger partial charge is 0.349 e. The molecule has 0 aliphatic heterocycles. The second-order valence-corrected chi connectivity index (χ2v) is 12.4. The third-order valence-electron chi connectivity index (χ3n) is 5.47. The van der Waals surface area contributed by atoms with Gasteiger partial charge in [-0.3, -0.25) is 9.10 Å². The van der Waals surface area contributed by atoms with Crippen LogP contribution in [0.15, 0.2) is 70.3 Å². The molecule has 2 aromatic carbocycles. The Labute approximate surface area is 212 Å². The van der Waals surface area contributed by atoms with Crippen LogP contribution in [0.25, 0.3) is 10.9 Å². The van der Waals surface area contributed by atoms with Gasteiger partial charge in [0.25, 0.3) is 15.9 Å². The summed E-state index contributed by atoms with van der Waals surface area (Å²) in [5.74, 6) is 0.306. The van der Waals surface area contributed by atoms with Crippen molar-refractivity contribution >= 4 is 61.9 Å². The van der Waals surface area contributed by atoms with Crippen LogP contribution in [-0.2, 0) is 20.6 Å². The van der Waals surface area contributed by atoms with Crippen LogP contribution in [0.2, 0.25) is 0 Å². The van der Waals surface area contributed by atoms with E-state index in [9.17, 15) is 18.0 Å². The minimum Gasteiger partial charge on any atom is -0.349 e. The number of anilines is 1. The second-order valence-electron chi connectivity index (χ2n) is 8.02. The van der Waals surface area contributed by atoms with E-state index in [-0.39, 0.29) is 21.9 Å². The summed E-state index contributed by atoms with van der Waals surface area (Å²) in [6, 6.07) is 18.4. The van der Waals surface area contributed by atoms with E-state index in [1.54, 1.807) is 29.6 Å². The maximum atomic E-state index is 13.1. The number of nitrogens with zero attached hydrogens (tertiary/aromatic N) is 1. The molecule has 1 amide bonds. The van der Waals surface area contributed by atoms with Gasteiger partial charge in [-0.25, -0.2) is 8.42 Å². The molecule has 0 fully saturated rings. The predicted octanol–water partition coefficient (Wildman–Crippen LogP) is 4.59. The summed E-state index contributed by atoms with van der Waals surface area (Å²) in [7, 11) is -2.23. The van der Waals surface area contributed by atoms with Crippen molar-refractivity contribution in [2.75, 3.05) is 17.9 Å². The van der Waals surface area contributed by atoms with Crippen LogP contribution < -0.4 is 9.62 Å². The first kappa shape index (κ1) is 25.0. The summed E-state index contributed by atoms with van der Waals surface area (Å²) in [6.07, 6.45) is 0.838. The number of aromatic nitrogens is 1. The smallest absolute Gasteiger partial charge is 0.273 e. The molecule has 10 heteroatoms. The Morgan fingerprint density at radius 2 is 1.94 bits per heavy atom. The Morgan fingerprint density at radius 1 is 1.17 bits per heavy atom. The van der Waals surface area contributed by atoms with Gasteiger partial charge in [0.15, 0.2) is 0 Å². The molecule has 0 bridgehead atoms. The van der Waals surface area contributed by atoms with Crippen molar-refractivity contribution in [3.05, 3.63) is 82.9 Å². The molecule has 4 aromatic rings. The first-order valence-electron chi connectivity index (χ1n) is 10.8. The van der Waals surface area contributed by atoms with Gasteiger partial charge in [-0.05, 0) is 47.7 Å². The lowest BCUT2D eigenvalue weighted by atomic mass is 10.1. The maximum Gasteiger partial charge on any atom is 0.273 e. The number of sulfonamides is 1. The Bertz CT molecular complexity index is 1430. The summed E-state index contributed by atoms with van der Waals surface area (Å²) in [4.78, 5) is 27.5. The maximum absolute atomic E-state index is 13.1. The number of carbonyl (C=O) groups is 2. The van der Waals surface area contributed by atoms with Gasteiger partial charge in [0.1, 0.15) is 16.2 Å². The van der Waals surface area contributed by atoms with Crippen molar-refractivity contribution in [3.8, 4) is 0 Å². The number of aromatic amines is 1. The highest BCUT2D eigenvalue weighted by Gasteiger charge is 2.25. The summed E-state index contributed by atoms with van der Waals surface area (Å²) >= 11 is 2.61. The number of hydrogen-bond acceptors (Lipinski definition) is 6. The summed E-state index contributed by atoms with van der Waals surface area (Å²) in [5, 5.41) is 4.87. The zero-order chi connectivity index (χ0) is 25.0. The van der Waals surface area contributed by atoms with Gasteiger partial charge in [0.2, 0.25) is 0 Å². The molecule has 0 saturated heterocycles. The van der Waals surface area contributed by atoms with E-state index in [4.69, 9.17) is 0 Å². The average Bonchev–Trinajstić information content (AvgIpc) is 3.54. The van der Waals surface area contributed by atoms with Crippen molar-refractivity contribution in [3.63, 3.8) is 0 Å². The number of aldehydes is 1. The minimum atomic E-state index is -3.73. The number of thiophene rings is 1. The normalized spacial score (nSPS) is 12.4. The van der Waals surface area contributed by atoms with Crippen LogP contribution in [0.5, 0.6) is 0 Å². The number of nitrogens with one attached hydrogen (secondary N) is 2. The Morgan fingerprint density at radius 3 is 2.63 bits per heavy atom. The molecule has 35 heavy (non-hydrogen) atoms. The number of benzene rings is 2. The highest BCUT2D eigenvalue weighted by atomic mass is 32.2. The van der Waals surface area contributed by atoms with Crippen LogP contribution in [-0.4, -0.2) is 44.4 Å². The molecular weight excluding hydrogens is 502 g/mol. The first-order valence-corrected chi connectivity index (χ1v) is 14.2. The van der Waals surface area contributed by atoms with Gasteiger partial charge in [0.05, 0.1) is 16.5 Å². The van der Waals surface area contributed by atoms with Gasteiger partial charge in [0, 0.05) is 24.7 Å². The molecule has 1 atom stereocenters. The molecule has 0 aliphatic rings. The van der Waals surface area contributed by atoms with Crippen molar-refractivity contribution in [1.82, 2.24) is 10.3 Å². The van der Waals surface area contributed by atoms with Crippen molar-refractivity contribution < 1.29 is 18.0 Å². The number of fused-ring (bicyclic) bond motifs is 1. The molecule has 0 radical (unpaired) electrons. The Kier molecular flexibility index (Phi) is 7.63. The molecule has 7 nitrogen and oxygen atoms in total. The van der Waals surface area contributed by atoms with Gasteiger partial charge in [-0.2, -0.15) is 0 Å². The number of carbonyl (C=O) groups excluding carboxylic acids is 2. The van der Waals surface area contributed by atoms with Gasteiger partial charge in [-0.15, -0.1) is 23.1 Å². The second kappa shape index (κ2) is 10.7. The lowest BCUT2D eigenvalue weighted by Gasteiger charge is -2.20. The summed E-state index contributed by atoms with van der Waals surface area (Å²) < 4.78 is 27.6. The summed E-state index contributed by atoms with van der Waals surface area (Å²) in [5.41, 5.74) is 3.28. The third kappa shape index (κ3) is 5.61. The third-order valence-corrected chi connectivity index (χ3v) is 9.82. The molecule has 0 spiro atoms. The van der Waals surface area contributed by atoms with Gasteiger partial charge < -0.3 is 15.1 Å². The van der Waals surface area contributed by atoms with E-state index in [1.807, 2.05) is 43.3 Å². The molecule has 182 valence electrons. The van der Waals surface area contributed by atoms with Crippen LogP contribution in [0.3, 0.4) is 0 Å². The van der Waals surface area contributed by atoms with E-state index in [0.717, 1.165) is 34.1 Å². The average molecular weight is 528 g/mol. The SMILES string of the molecule is Cc1cc(N(C)S(=O)(=O)c2cccs2)c2[nH]c(C(=O)NCC(C=O)SCc3ccccc3)cc2c1. The fourth-order valence-electron chi connectivity index (χ4n) is 3.63. The lowest BCUT2D eigenvalue weighted by molar-refractivity contribution is -0.107. The van der Waals surface area contributed by atoms with E-state index < -0.39 is 10.0 Å². The number of amides is 1. The monoisotopic (exact) mass is 527 g/mol. The van der Waals surface area contributed by atoms with Crippen molar-refractivity contribution in [2.24, 2.45) is 0 Å². The molecule has 2 aromatic heterocycles. The lowest BCUT2D eigenvalue weighted by Crippen LogP contribution is -2.31.